The van der Waals surface area contributed by atoms with Crippen LogP contribution in [0.3, 0.4) is 0 Å². The predicted octanol–water partition coefficient (Wildman–Crippen LogP) is 2.05. The zero-order chi connectivity index (χ0) is 17.0. The maximum absolute atomic E-state index is 12.7. The van der Waals surface area contributed by atoms with Crippen molar-refractivity contribution in [1.29, 1.82) is 0 Å². The van der Waals surface area contributed by atoms with Gasteiger partial charge in [-0.1, -0.05) is 25.7 Å². The number of aliphatic hydroxyl groups is 1. The van der Waals surface area contributed by atoms with Gasteiger partial charge in [-0.2, -0.15) is 0 Å². The molecule has 2 rings (SSSR count). The van der Waals surface area contributed by atoms with Crippen molar-refractivity contribution in [1.82, 2.24) is 10.2 Å². The largest absolute Gasteiger partial charge is 0.444 e. The highest BCUT2D eigenvalue weighted by Gasteiger charge is 2.38. The van der Waals surface area contributed by atoms with Crippen LogP contribution in [0, 0.1) is 5.92 Å². The Bertz CT molecular complexity index is 427. The molecule has 2 atom stereocenters. The van der Waals surface area contributed by atoms with Crippen LogP contribution in [0.4, 0.5) is 4.79 Å². The van der Waals surface area contributed by atoms with Crippen molar-refractivity contribution in [2.75, 3.05) is 13.1 Å². The van der Waals surface area contributed by atoms with Gasteiger partial charge in [0.25, 0.3) is 0 Å². The van der Waals surface area contributed by atoms with Crippen LogP contribution in [-0.4, -0.2) is 52.8 Å². The molecule has 0 radical (unpaired) electrons. The Morgan fingerprint density at radius 2 is 1.70 bits per heavy atom. The molecule has 132 valence electrons. The van der Waals surface area contributed by atoms with Gasteiger partial charge in [-0.3, -0.25) is 4.79 Å². The van der Waals surface area contributed by atoms with Crippen LogP contribution in [0.15, 0.2) is 0 Å². The minimum Gasteiger partial charge on any atom is -0.444 e. The van der Waals surface area contributed by atoms with E-state index in [-0.39, 0.29) is 17.9 Å². The quantitative estimate of drug-likeness (QED) is 0.814. The van der Waals surface area contributed by atoms with Gasteiger partial charge < -0.3 is 20.1 Å². The minimum atomic E-state index is -0.549. The first-order valence-electron chi connectivity index (χ1n) is 8.72. The van der Waals surface area contributed by atoms with Gasteiger partial charge in [-0.25, -0.2) is 4.79 Å². The number of rotatable bonds is 2. The number of alkyl carbamates (subject to hydrolysis) is 1. The van der Waals surface area contributed by atoms with Crippen molar-refractivity contribution >= 4 is 12.0 Å². The summed E-state index contributed by atoms with van der Waals surface area (Å²) in [5.74, 6) is -0.159. The molecule has 1 aliphatic carbocycles. The molecule has 1 saturated heterocycles. The molecular formula is C17H30N2O4. The molecule has 23 heavy (non-hydrogen) atoms. The summed E-state index contributed by atoms with van der Waals surface area (Å²) in [5.41, 5.74) is -0.549. The van der Waals surface area contributed by atoms with E-state index in [4.69, 9.17) is 4.74 Å². The Balaban J connectivity index is 2.01. The summed E-state index contributed by atoms with van der Waals surface area (Å²) in [7, 11) is 0. The van der Waals surface area contributed by atoms with Crippen LogP contribution in [0.2, 0.25) is 0 Å². The lowest BCUT2D eigenvalue weighted by molar-refractivity contribution is -0.147. The molecule has 2 amide bonds. The van der Waals surface area contributed by atoms with Crippen molar-refractivity contribution in [3.05, 3.63) is 0 Å². The zero-order valence-corrected chi connectivity index (χ0v) is 14.5. The van der Waals surface area contributed by atoms with Crippen molar-refractivity contribution < 1.29 is 19.4 Å². The van der Waals surface area contributed by atoms with Crippen molar-refractivity contribution in [2.24, 2.45) is 5.92 Å². The average Bonchev–Trinajstić information content (AvgIpc) is 2.36. The van der Waals surface area contributed by atoms with E-state index in [9.17, 15) is 14.7 Å². The molecule has 0 unspecified atom stereocenters. The topological polar surface area (TPSA) is 78.9 Å². The summed E-state index contributed by atoms with van der Waals surface area (Å²) < 4.78 is 5.34. The molecule has 0 aromatic carbocycles. The summed E-state index contributed by atoms with van der Waals surface area (Å²) in [6.45, 7) is 6.31. The van der Waals surface area contributed by atoms with Gasteiger partial charge in [0.05, 0.1) is 12.0 Å². The molecular weight excluding hydrogens is 296 g/mol. The summed E-state index contributed by atoms with van der Waals surface area (Å²) in [6, 6.07) is -0.185. The van der Waals surface area contributed by atoms with E-state index in [1.54, 1.807) is 4.90 Å². The molecule has 6 heteroatoms. The highest BCUT2D eigenvalue weighted by Crippen LogP contribution is 2.26. The number of carbonyl (C=O) groups excluding carboxylic acids is 2. The summed E-state index contributed by atoms with van der Waals surface area (Å²) in [4.78, 5) is 26.5. The van der Waals surface area contributed by atoms with E-state index in [1.807, 2.05) is 20.8 Å². The molecule has 2 N–H and O–H groups in total. The maximum Gasteiger partial charge on any atom is 0.407 e. The molecule has 6 nitrogen and oxygen atoms in total. The fourth-order valence-corrected chi connectivity index (χ4v) is 3.28. The molecule has 0 aromatic heterocycles. The lowest BCUT2D eigenvalue weighted by Crippen LogP contribution is -2.58. The number of hydrogen-bond acceptors (Lipinski definition) is 4. The molecule has 1 saturated carbocycles. The third-order valence-corrected chi connectivity index (χ3v) is 4.46. The standard InChI is InChI=1S/C17H30N2O4/c1-17(2,3)23-16(22)18-14-9-7-5-4-6-8-13(14)15(21)19-10-12(20)11-19/h12-14,20H,4-11H2,1-3H3,(H,18,22)/t13-,14+/m0/s1. The van der Waals surface area contributed by atoms with Gasteiger partial charge in [-0.15, -0.1) is 0 Å². The Kier molecular flexibility index (Phi) is 5.89. The molecule has 1 aliphatic heterocycles. The van der Waals surface area contributed by atoms with E-state index < -0.39 is 17.8 Å². The molecule has 0 aromatic rings. The van der Waals surface area contributed by atoms with E-state index in [1.165, 1.54) is 0 Å². The van der Waals surface area contributed by atoms with Gasteiger partial charge in [0.1, 0.15) is 5.60 Å². The number of carbonyl (C=O) groups is 2. The summed E-state index contributed by atoms with van der Waals surface area (Å²) in [6.07, 6.45) is 5.00. The van der Waals surface area contributed by atoms with Gasteiger partial charge in [-0.05, 0) is 33.6 Å². The number of nitrogens with one attached hydrogen (secondary N) is 1. The van der Waals surface area contributed by atoms with Crippen LogP contribution < -0.4 is 5.32 Å². The first-order valence-corrected chi connectivity index (χ1v) is 8.72. The van der Waals surface area contributed by atoms with Crippen LogP contribution in [0.5, 0.6) is 0 Å². The van der Waals surface area contributed by atoms with E-state index in [0.717, 1.165) is 38.5 Å². The first kappa shape index (κ1) is 18.0. The van der Waals surface area contributed by atoms with E-state index in [0.29, 0.717) is 13.1 Å². The second-order valence-corrected chi connectivity index (χ2v) is 7.75. The monoisotopic (exact) mass is 326 g/mol. The SMILES string of the molecule is CC(C)(C)OC(=O)N[C@@H]1CCCCCC[C@@H]1C(=O)N1CC(O)C1. The second-order valence-electron chi connectivity index (χ2n) is 7.75. The van der Waals surface area contributed by atoms with Crippen LogP contribution >= 0.6 is 0 Å². The highest BCUT2D eigenvalue weighted by atomic mass is 16.6. The molecule has 2 fully saturated rings. The molecule has 0 bridgehead atoms. The van der Waals surface area contributed by atoms with Gasteiger partial charge in [0, 0.05) is 19.1 Å². The normalized spacial score (nSPS) is 26.7. The second kappa shape index (κ2) is 7.51. The lowest BCUT2D eigenvalue weighted by Gasteiger charge is -2.40. The number of likely N-dealkylation sites (tertiary alicyclic amines) is 1. The number of aliphatic hydroxyl groups excluding tert-OH is 1. The zero-order valence-electron chi connectivity index (χ0n) is 14.5. The number of nitrogens with zero attached hydrogens (tertiary/aromatic N) is 1. The Hall–Kier alpha value is -1.30. The fraction of sp³-hybridized carbons (Fsp3) is 0.882. The average molecular weight is 326 g/mol. The smallest absolute Gasteiger partial charge is 0.407 e. The van der Waals surface area contributed by atoms with Gasteiger partial charge >= 0.3 is 6.09 Å². The van der Waals surface area contributed by atoms with E-state index >= 15 is 0 Å². The summed E-state index contributed by atoms with van der Waals surface area (Å²) in [5, 5.41) is 12.3. The highest BCUT2D eigenvalue weighted by molar-refractivity contribution is 5.81. The molecule has 0 spiro atoms. The van der Waals surface area contributed by atoms with Crippen molar-refractivity contribution in [2.45, 2.75) is 77.0 Å². The first-order chi connectivity index (χ1) is 10.8. The number of hydrogen-bond donors (Lipinski definition) is 2. The Morgan fingerprint density at radius 3 is 2.26 bits per heavy atom. The lowest BCUT2D eigenvalue weighted by atomic mass is 9.85. The van der Waals surface area contributed by atoms with Gasteiger partial charge in [0.2, 0.25) is 5.91 Å². The predicted molar refractivity (Wildman–Crippen MR) is 86.9 cm³/mol. The summed E-state index contributed by atoms with van der Waals surface area (Å²) >= 11 is 0. The molecule has 2 aliphatic rings. The molecule has 1 heterocycles. The van der Waals surface area contributed by atoms with Crippen LogP contribution in [-0.2, 0) is 9.53 Å². The van der Waals surface area contributed by atoms with Gasteiger partial charge in [0.15, 0.2) is 0 Å². The number of β-amino-alcohol motifs (C(OH)–C–C–N with tert-alkyl or cyclic N) is 1. The number of ether oxygens (including phenoxy) is 1. The Labute approximate surface area is 138 Å². The number of amides is 2. The van der Waals surface area contributed by atoms with Crippen molar-refractivity contribution in [3.8, 4) is 0 Å². The van der Waals surface area contributed by atoms with Crippen LogP contribution in [0.1, 0.15) is 59.3 Å². The maximum atomic E-state index is 12.7. The minimum absolute atomic E-state index is 0.0539. The third-order valence-electron chi connectivity index (χ3n) is 4.46. The van der Waals surface area contributed by atoms with Crippen LogP contribution in [0.25, 0.3) is 0 Å². The Morgan fingerprint density at radius 1 is 1.09 bits per heavy atom. The fourth-order valence-electron chi connectivity index (χ4n) is 3.28. The van der Waals surface area contributed by atoms with E-state index in [2.05, 4.69) is 5.32 Å². The van der Waals surface area contributed by atoms with Crippen molar-refractivity contribution in [3.63, 3.8) is 0 Å². The third kappa shape index (κ3) is 5.37.